The average Bonchev–Trinajstić information content (AvgIpc) is 2.77. The van der Waals surface area contributed by atoms with Gasteiger partial charge in [-0.2, -0.15) is 0 Å². The molecule has 0 radical (unpaired) electrons. The number of carbonyl (C=O) groups excluding carboxylic acids is 2. The Balaban J connectivity index is 2.09. The Bertz CT molecular complexity index is 879. The topological polar surface area (TPSA) is 83.6 Å². The first-order valence-electron chi connectivity index (χ1n) is 5.94. The van der Waals surface area contributed by atoms with Gasteiger partial charge < -0.3 is 0 Å². The number of imide groups is 1. The van der Waals surface area contributed by atoms with Gasteiger partial charge in [-0.3, -0.25) is 10.1 Å². The fourth-order valence-corrected chi connectivity index (χ4v) is 3.42. The molecule has 8 heteroatoms. The lowest BCUT2D eigenvalue weighted by molar-refractivity contribution is -0.118. The van der Waals surface area contributed by atoms with E-state index in [0.29, 0.717) is 15.1 Å². The third kappa shape index (κ3) is 2.23. The van der Waals surface area contributed by atoms with E-state index in [-0.39, 0.29) is 4.90 Å². The summed E-state index contributed by atoms with van der Waals surface area (Å²) in [6, 6.07) is 7.01. The maximum Gasteiger partial charge on any atom is 0.338 e. The summed E-state index contributed by atoms with van der Waals surface area (Å²) < 4.78 is 38.2. The molecule has 1 aliphatic heterocycles. The van der Waals surface area contributed by atoms with E-state index in [4.69, 9.17) is 0 Å². The highest BCUT2D eigenvalue weighted by Crippen LogP contribution is 2.23. The van der Waals surface area contributed by atoms with E-state index in [0.717, 1.165) is 0 Å². The number of nitrogens with one attached hydrogen (secondary N) is 1. The van der Waals surface area contributed by atoms with Crippen LogP contribution in [-0.2, 0) is 14.8 Å². The maximum atomic E-state index is 13.1. The second-order valence-corrected chi connectivity index (χ2v) is 6.38. The molecule has 0 unspecified atom stereocenters. The summed E-state index contributed by atoms with van der Waals surface area (Å²) in [5, 5.41) is 2.96. The van der Waals surface area contributed by atoms with Crippen molar-refractivity contribution < 1.29 is 22.4 Å². The number of hydrogen-bond acceptors (Lipinski definition) is 4. The summed E-state index contributed by atoms with van der Waals surface area (Å²) >= 11 is 0. The van der Waals surface area contributed by atoms with E-state index < -0.39 is 34.3 Å². The maximum absolute atomic E-state index is 13.1. The van der Waals surface area contributed by atoms with Gasteiger partial charge in [-0.15, -0.1) is 0 Å². The lowest BCUT2D eigenvalue weighted by atomic mass is 10.1. The number of sulfonamides is 1. The van der Waals surface area contributed by atoms with Gasteiger partial charge in [0, 0.05) is 0 Å². The molecule has 2 aromatic rings. The van der Waals surface area contributed by atoms with Crippen molar-refractivity contribution in [1.82, 2.24) is 9.62 Å². The summed E-state index contributed by atoms with van der Waals surface area (Å²) in [5.74, 6) is -1.10. The van der Waals surface area contributed by atoms with Crippen molar-refractivity contribution in [3.05, 3.63) is 42.2 Å². The van der Waals surface area contributed by atoms with Crippen LogP contribution in [0, 0.1) is 5.82 Å². The van der Waals surface area contributed by atoms with Crippen LogP contribution in [0.3, 0.4) is 0 Å². The highest BCUT2D eigenvalue weighted by molar-refractivity contribution is 7.89. The first-order chi connectivity index (χ1) is 9.88. The molecule has 1 saturated heterocycles. The molecule has 2 aromatic carbocycles. The van der Waals surface area contributed by atoms with Crippen molar-refractivity contribution in [3.63, 3.8) is 0 Å². The number of rotatable bonds is 2. The van der Waals surface area contributed by atoms with Crippen LogP contribution in [-0.4, -0.2) is 31.2 Å². The first-order valence-corrected chi connectivity index (χ1v) is 7.38. The Kier molecular flexibility index (Phi) is 2.91. The fourth-order valence-electron chi connectivity index (χ4n) is 2.10. The number of benzene rings is 2. The van der Waals surface area contributed by atoms with E-state index in [9.17, 15) is 22.4 Å². The molecule has 0 aliphatic carbocycles. The quantitative estimate of drug-likeness (QED) is 0.846. The number of halogens is 1. The van der Waals surface area contributed by atoms with E-state index in [2.05, 4.69) is 0 Å². The Morgan fingerprint density at radius 3 is 2.38 bits per heavy atom. The van der Waals surface area contributed by atoms with Crippen LogP contribution < -0.4 is 5.32 Å². The zero-order valence-corrected chi connectivity index (χ0v) is 11.4. The normalized spacial score (nSPS) is 15.6. The van der Waals surface area contributed by atoms with E-state index >= 15 is 0 Å². The summed E-state index contributed by atoms with van der Waals surface area (Å²) in [6.45, 7) is -0.539. The van der Waals surface area contributed by atoms with Crippen molar-refractivity contribution in [3.8, 4) is 0 Å². The van der Waals surface area contributed by atoms with Crippen molar-refractivity contribution in [2.75, 3.05) is 6.54 Å². The van der Waals surface area contributed by atoms with Crippen LogP contribution in [0.5, 0.6) is 0 Å². The molecule has 21 heavy (non-hydrogen) atoms. The van der Waals surface area contributed by atoms with Gasteiger partial charge in [0.25, 0.3) is 10.0 Å². The minimum Gasteiger partial charge on any atom is -0.275 e. The zero-order chi connectivity index (χ0) is 15.2. The van der Waals surface area contributed by atoms with Crippen LogP contribution in [0.25, 0.3) is 10.8 Å². The molecule has 0 spiro atoms. The molecular weight excluding hydrogens is 299 g/mol. The van der Waals surface area contributed by atoms with E-state index in [1.54, 1.807) is 0 Å². The van der Waals surface area contributed by atoms with Gasteiger partial charge in [0.05, 0.1) is 4.90 Å². The summed E-state index contributed by atoms with van der Waals surface area (Å²) in [6.07, 6.45) is 0. The average molecular weight is 308 g/mol. The van der Waals surface area contributed by atoms with Crippen LogP contribution in [0.15, 0.2) is 41.3 Å². The van der Waals surface area contributed by atoms with Gasteiger partial charge in [0.1, 0.15) is 12.4 Å². The fraction of sp³-hybridized carbons (Fsp3) is 0.0769. The summed E-state index contributed by atoms with van der Waals surface area (Å²) in [5.41, 5.74) is 0. The highest BCUT2D eigenvalue weighted by atomic mass is 32.2. The Hall–Kier alpha value is -2.48. The molecule has 0 atom stereocenters. The summed E-state index contributed by atoms with van der Waals surface area (Å²) in [7, 11) is -4.12. The van der Waals surface area contributed by atoms with Gasteiger partial charge in [0.15, 0.2) is 0 Å². The molecule has 1 heterocycles. The molecule has 0 aromatic heterocycles. The summed E-state index contributed by atoms with van der Waals surface area (Å²) in [4.78, 5) is 22.5. The highest BCUT2D eigenvalue weighted by Gasteiger charge is 2.37. The molecule has 1 N–H and O–H groups in total. The van der Waals surface area contributed by atoms with E-state index in [1.165, 1.54) is 36.4 Å². The molecule has 6 nitrogen and oxygen atoms in total. The third-order valence-corrected chi connectivity index (χ3v) is 4.85. The minimum absolute atomic E-state index is 0.133. The molecule has 3 rings (SSSR count). The number of hydrogen-bond donors (Lipinski definition) is 1. The van der Waals surface area contributed by atoms with E-state index in [1.807, 2.05) is 5.32 Å². The third-order valence-electron chi connectivity index (χ3n) is 3.12. The molecule has 1 fully saturated rings. The Morgan fingerprint density at radius 1 is 1.05 bits per heavy atom. The van der Waals surface area contributed by atoms with Crippen LogP contribution >= 0.6 is 0 Å². The van der Waals surface area contributed by atoms with Gasteiger partial charge in [-0.05, 0) is 35.0 Å². The van der Waals surface area contributed by atoms with Crippen molar-refractivity contribution >= 4 is 32.7 Å². The number of amides is 3. The molecule has 0 bridgehead atoms. The van der Waals surface area contributed by atoms with Gasteiger partial charge in [0.2, 0.25) is 5.91 Å². The smallest absolute Gasteiger partial charge is 0.275 e. The van der Waals surface area contributed by atoms with Gasteiger partial charge >= 0.3 is 6.03 Å². The number of carbonyl (C=O) groups is 2. The lowest BCUT2D eigenvalue weighted by Crippen LogP contribution is -2.34. The largest absolute Gasteiger partial charge is 0.338 e. The monoisotopic (exact) mass is 308 g/mol. The van der Waals surface area contributed by atoms with Gasteiger partial charge in [-0.1, -0.05) is 12.1 Å². The van der Waals surface area contributed by atoms with Gasteiger partial charge in [-0.25, -0.2) is 21.9 Å². The molecule has 108 valence electrons. The molecule has 1 aliphatic rings. The zero-order valence-electron chi connectivity index (χ0n) is 10.5. The number of nitrogens with zero attached hydrogens (tertiary/aromatic N) is 1. The lowest BCUT2D eigenvalue weighted by Gasteiger charge is -2.14. The number of fused-ring (bicyclic) bond motifs is 1. The Labute approximate surface area is 119 Å². The second-order valence-electron chi connectivity index (χ2n) is 4.52. The molecular formula is C13H9FN2O4S. The molecule has 0 saturated carbocycles. The van der Waals surface area contributed by atoms with Crippen molar-refractivity contribution in [2.24, 2.45) is 0 Å². The predicted octanol–water partition coefficient (Wildman–Crippen LogP) is 1.22. The van der Waals surface area contributed by atoms with Crippen LogP contribution in [0.2, 0.25) is 0 Å². The minimum atomic E-state index is -4.12. The molecule has 3 amide bonds. The Morgan fingerprint density at radius 2 is 1.71 bits per heavy atom. The van der Waals surface area contributed by atoms with Crippen molar-refractivity contribution in [2.45, 2.75) is 4.90 Å². The second kappa shape index (κ2) is 4.52. The number of urea groups is 1. The SMILES string of the molecule is O=C1CN(S(=O)(=O)c2ccc3cc(F)ccc3c2)C(=O)N1. The predicted molar refractivity (Wildman–Crippen MR) is 71.3 cm³/mol. The standard InChI is InChI=1S/C13H9FN2O4S/c14-10-3-1-9-6-11(4-2-8(9)5-10)21(19,20)16-7-12(17)15-13(16)18/h1-6H,7H2,(H,15,17,18). The van der Waals surface area contributed by atoms with Crippen LogP contribution in [0.4, 0.5) is 9.18 Å². The first kappa shape index (κ1) is 13.5. The van der Waals surface area contributed by atoms with Crippen LogP contribution in [0.1, 0.15) is 0 Å². The van der Waals surface area contributed by atoms with Crippen molar-refractivity contribution in [1.29, 1.82) is 0 Å².